The second-order valence-corrected chi connectivity index (χ2v) is 6.46. The van der Waals surface area contributed by atoms with E-state index in [1.165, 1.54) is 29.1 Å². The lowest BCUT2D eigenvalue weighted by Gasteiger charge is -2.26. The summed E-state index contributed by atoms with van der Waals surface area (Å²) >= 11 is 0. The van der Waals surface area contributed by atoms with Crippen LogP contribution in [0.2, 0.25) is 0 Å². The number of halogens is 1. The predicted molar refractivity (Wildman–Crippen MR) is 99.5 cm³/mol. The van der Waals surface area contributed by atoms with Gasteiger partial charge in [-0.1, -0.05) is 5.16 Å². The average Bonchev–Trinajstić information content (AvgIpc) is 3.39. The maximum absolute atomic E-state index is 13.0. The molecule has 1 fully saturated rings. The first kappa shape index (κ1) is 18.8. The Labute approximate surface area is 165 Å². The second-order valence-electron chi connectivity index (χ2n) is 6.46. The van der Waals surface area contributed by atoms with E-state index in [0.29, 0.717) is 43.2 Å². The number of ether oxygens (including phenoxy) is 1. The Kier molecular flexibility index (Phi) is 5.34. The van der Waals surface area contributed by atoms with Crippen LogP contribution in [0.1, 0.15) is 10.6 Å². The summed E-state index contributed by atoms with van der Waals surface area (Å²) in [5.41, 5.74) is 1.47. The van der Waals surface area contributed by atoms with Crippen LogP contribution < -0.4 is 5.32 Å². The van der Waals surface area contributed by atoms with Crippen molar-refractivity contribution in [3.8, 4) is 11.3 Å². The highest BCUT2D eigenvalue weighted by molar-refractivity contribution is 6.02. The van der Waals surface area contributed by atoms with Crippen molar-refractivity contribution in [3.05, 3.63) is 54.3 Å². The zero-order valence-corrected chi connectivity index (χ0v) is 15.4. The van der Waals surface area contributed by atoms with Gasteiger partial charge in [0.05, 0.1) is 25.1 Å². The highest BCUT2D eigenvalue weighted by atomic mass is 19.1. The molecule has 3 aromatic rings. The number of rotatable bonds is 5. The van der Waals surface area contributed by atoms with Crippen LogP contribution in [-0.4, -0.2) is 58.0 Å². The monoisotopic (exact) mass is 399 g/mol. The number of morpholine rings is 1. The molecule has 0 saturated carbocycles. The lowest BCUT2D eigenvalue weighted by atomic mass is 10.1. The van der Waals surface area contributed by atoms with Gasteiger partial charge in [0.25, 0.3) is 5.91 Å². The molecular formula is C19H18FN5O4. The Morgan fingerprint density at radius 1 is 1.17 bits per heavy atom. The number of amides is 2. The van der Waals surface area contributed by atoms with Crippen LogP contribution in [0.15, 0.2) is 47.2 Å². The van der Waals surface area contributed by atoms with Gasteiger partial charge in [-0.3, -0.25) is 14.3 Å². The van der Waals surface area contributed by atoms with E-state index in [9.17, 15) is 14.0 Å². The van der Waals surface area contributed by atoms with Crippen molar-refractivity contribution in [2.45, 2.75) is 6.54 Å². The number of hydrogen-bond acceptors (Lipinski definition) is 6. The molecule has 150 valence electrons. The number of nitrogens with zero attached hydrogens (tertiary/aromatic N) is 4. The number of carbonyl (C=O) groups excluding carboxylic acids is 2. The molecule has 1 saturated heterocycles. The molecule has 2 aromatic heterocycles. The summed E-state index contributed by atoms with van der Waals surface area (Å²) in [5.74, 6) is -0.931. The summed E-state index contributed by atoms with van der Waals surface area (Å²) in [4.78, 5) is 26.3. The van der Waals surface area contributed by atoms with Crippen LogP contribution in [-0.2, 0) is 16.1 Å². The fraction of sp³-hybridized carbons (Fsp3) is 0.263. The molecule has 29 heavy (non-hydrogen) atoms. The standard InChI is InChI=1S/C19H18FN5O4/c20-14-3-1-13(2-4-14)16-9-17(29-23-16)19(27)22-15-10-21-25(11-15)12-18(26)24-5-7-28-8-6-24/h1-4,9-11H,5-8,12H2,(H,22,27). The van der Waals surface area contributed by atoms with Crippen molar-refractivity contribution in [1.82, 2.24) is 19.8 Å². The van der Waals surface area contributed by atoms with Crippen molar-refractivity contribution in [1.29, 1.82) is 0 Å². The molecule has 2 amide bonds. The third-order valence-corrected chi connectivity index (χ3v) is 4.43. The molecule has 0 aliphatic carbocycles. The largest absolute Gasteiger partial charge is 0.378 e. The van der Waals surface area contributed by atoms with Gasteiger partial charge < -0.3 is 19.5 Å². The van der Waals surface area contributed by atoms with Crippen LogP contribution in [0.4, 0.5) is 10.1 Å². The van der Waals surface area contributed by atoms with E-state index >= 15 is 0 Å². The van der Waals surface area contributed by atoms with Crippen molar-refractivity contribution in [2.75, 3.05) is 31.6 Å². The molecule has 1 aliphatic heterocycles. The molecule has 0 radical (unpaired) electrons. The van der Waals surface area contributed by atoms with E-state index in [4.69, 9.17) is 9.26 Å². The smallest absolute Gasteiger partial charge is 0.294 e. The molecular weight excluding hydrogens is 381 g/mol. The summed E-state index contributed by atoms with van der Waals surface area (Å²) in [7, 11) is 0. The minimum Gasteiger partial charge on any atom is -0.378 e. The SMILES string of the molecule is O=C(Nc1cnn(CC(=O)N2CCOCC2)c1)c1cc(-c2ccc(F)cc2)no1. The Balaban J connectivity index is 1.36. The number of aromatic nitrogens is 3. The molecule has 1 aliphatic rings. The number of benzene rings is 1. The number of nitrogens with one attached hydrogen (secondary N) is 1. The molecule has 9 nitrogen and oxygen atoms in total. The van der Waals surface area contributed by atoms with Gasteiger partial charge in [0.1, 0.15) is 18.1 Å². The fourth-order valence-electron chi connectivity index (χ4n) is 2.90. The second kappa shape index (κ2) is 8.23. The summed E-state index contributed by atoms with van der Waals surface area (Å²) in [6.07, 6.45) is 3.01. The number of hydrogen-bond donors (Lipinski definition) is 1. The zero-order valence-electron chi connectivity index (χ0n) is 15.4. The Bertz CT molecular complexity index is 1010. The van der Waals surface area contributed by atoms with Gasteiger partial charge in [-0.25, -0.2) is 4.39 Å². The molecule has 0 bridgehead atoms. The van der Waals surface area contributed by atoms with Crippen LogP contribution in [0.5, 0.6) is 0 Å². The van der Waals surface area contributed by atoms with Gasteiger partial charge in [-0.05, 0) is 24.3 Å². The summed E-state index contributed by atoms with van der Waals surface area (Å²) in [6.45, 7) is 2.26. The van der Waals surface area contributed by atoms with Crippen molar-refractivity contribution >= 4 is 17.5 Å². The van der Waals surface area contributed by atoms with E-state index in [-0.39, 0.29) is 24.0 Å². The lowest BCUT2D eigenvalue weighted by Crippen LogP contribution is -2.42. The van der Waals surface area contributed by atoms with Crippen LogP contribution in [0, 0.1) is 5.82 Å². The first-order chi connectivity index (χ1) is 14.1. The van der Waals surface area contributed by atoms with E-state index in [1.54, 1.807) is 23.2 Å². The molecule has 4 rings (SSSR count). The van der Waals surface area contributed by atoms with Crippen molar-refractivity contribution in [2.24, 2.45) is 0 Å². The Hall–Kier alpha value is -3.53. The van der Waals surface area contributed by atoms with E-state index < -0.39 is 5.91 Å². The maximum Gasteiger partial charge on any atom is 0.294 e. The lowest BCUT2D eigenvalue weighted by molar-refractivity contribution is -0.136. The third-order valence-electron chi connectivity index (χ3n) is 4.43. The fourth-order valence-corrected chi connectivity index (χ4v) is 2.90. The van der Waals surface area contributed by atoms with Crippen molar-refractivity contribution < 1.29 is 23.2 Å². The van der Waals surface area contributed by atoms with Gasteiger partial charge in [-0.15, -0.1) is 0 Å². The molecule has 10 heteroatoms. The Morgan fingerprint density at radius 3 is 2.69 bits per heavy atom. The molecule has 1 N–H and O–H groups in total. The molecule has 1 aromatic carbocycles. The summed E-state index contributed by atoms with van der Waals surface area (Å²) in [5, 5.41) is 10.6. The van der Waals surface area contributed by atoms with Gasteiger partial charge in [0.15, 0.2) is 0 Å². The summed E-state index contributed by atoms with van der Waals surface area (Å²) in [6, 6.07) is 7.16. The molecule has 0 unspecified atom stereocenters. The minimum absolute atomic E-state index is 0.00136. The minimum atomic E-state index is -0.509. The van der Waals surface area contributed by atoms with Crippen LogP contribution >= 0.6 is 0 Å². The number of carbonyl (C=O) groups is 2. The highest BCUT2D eigenvalue weighted by Crippen LogP contribution is 2.20. The van der Waals surface area contributed by atoms with Crippen LogP contribution in [0.3, 0.4) is 0 Å². The van der Waals surface area contributed by atoms with Gasteiger partial charge >= 0.3 is 0 Å². The molecule has 0 spiro atoms. The first-order valence-corrected chi connectivity index (χ1v) is 9.00. The Morgan fingerprint density at radius 2 is 1.93 bits per heavy atom. The number of anilines is 1. The van der Waals surface area contributed by atoms with Gasteiger partial charge in [0, 0.05) is 30.9 Å². The highest BCUT2D eigenvalue weighted by Gasteiger charge is 2.18. The third kappa shape index (κ3) is 4.49. The zero-order chi connectivity index (χ0) is 20.2. The summed E-state index contributed by atoms with van der Waals surface area (Å²) < 4.78 is 24.8. The average molecular weight is 399 g/mol. The quantitative estimate of drug-likeness (QED) is 0.702. The van der Waals surface area contributed by atoms with Crippen LogP contribution in [0.25, 0.3) is 11.3 Å². The van der Waals surface area contributed by atoms with Gasteiger partial charge in [0.2, 0.25) is 11.7 Å². The van der Waals surface area contributed by atoms with Gasteiger partial charge in [-0.2, -0.15) is 5.10 Å². The molecule has 3 heterocycles. The maximum atomic E-state index is 13.0. The van der Waals surface area contributed by atoms with E-state index in [0.717, 1.165) is 0 Å². The predicted octanol–water partition coefficient (Wildman–Crippen LogP) is 1.79. The van der Waals surface area contributed by atoms with E-state index in [2.05, 4.69) is 15.6 Å². The topological polar surface area (TPSA) is 102 Å². The molecule has 0 atom stereocenters. The normalized spacial score (nSPS) is 14.0. The van der Waals surface area contributed by atoms with E-state index in [1.807, 2.05) is 0 Å². The van der Waals surface area contributed by atoms with Crippen molar-refractivity contribution in [3.63, 3.8) is 0 Å². The first-order valence-electron chi connectivity index (χ1n) is 9.00.